The van der Waals surface area contributed by atoms with Gasteiger partial charge in [-0.05, 0) is 30.7 Å². The third kappa shape index (κ3) is 4.49. The van der Waals surface area contributed by atoms with Crippen LogP contribution in [0.5, 0.6) is 0 Å². The lowest BCUT2D eigenvalue weighted by Gasteiger charge is -2.26. The molecule has 1 N–H and O–H groups in total. The summed E-state index contributed by atoms with van der Waals surface area (Å²) in [6.45, 7) is 5.26. The Hall–Kier alpha value is -1.53. The summed E-state index contributed by atoms with van der Waals surface area (Å²) in [5.74, 6) is -0.734. The lowest BCUT2D eigenvalue weighted by atomic mass is 10.2. The molecule has 1 amide bonds. The second-order valence-corrected chi connectivity index (χ2v) is 10.2. The van der Waals surface area contributed by atoms with Gasteiger partial charge in [0.2, 0.25) is 26.0 Å². The Labute approximate surface area is 159 Å². The number of benzene rings is 1. The van der Waals surface area contributed by atoms with Crippen molar-refractivity contribution < 1.29 is 26.4 Å². The van der Waals surface area contributed by atoms with E-state index in [1.54, 1.807) is 6.92 Å². The number of nitrogens with zero attached hydrogens (tertiary/aromatic N) is 2. The Morgan fingerprint density at radius 2 is 1.93 bits per heavy atom. The summed E-state index contributed by atoms with van der Waals surface area (Å²) in [6, 6.07) is 4.10. The average Bonchev–Trinajstić information content (AvgIpc) is 2.88. The van der Waals surface area contributed by atoms with Crippen LogP contribution in [0.4, 0.5) is 5.69 Å². The minimum Gasteiger partial charge on any atom is -0.379 e. The predicted octanol–water partition coefficient (Wildman–Crippen LogP) is -0.328. The van der Waals surface area contributed by atoms with Gasteiger partial charge < -0.3 is 4.74 Å². The van der Waals surface area contributed by atoms with Crippen LogP contribution in [0.2, 0.25) is 0 Å². The summed E-state index contributed by atoms with van der Waals surface area (Å²) in [4.78, 5) is 14.1. The van der Waals surface area contributed by atoms with Crippen LogP contribution in [0.1, 0.15) is 12.0 Å². The van der Waals surface area contributed by atoms with Gasteiger partial charge in [0.15, 0.2) is 0 Å². The zero-order chi connectivity index (χ0) is 19.7. The first-order valence-corrected chi connectivity index (χ1v) is 11.8. The first kappa shape index (κ1) is 20.2. The third-order valence-corrected chi connectivity index (χ3v) is 7.90. The van der Waals surface area contributed by atoms with Gasteiger partial charge in [0.05, 0.1) is 29.5 Å². The molecule has 2 fully saturated rings. The lowest BCUT2D eigenvalue weighted by molar-refractivity contribution is -0.116. The Morgan fingerprint density at radius 3 is 2.52 bits per heavy atom. The maximum Gasteiger partial charge on any atom is 0.242 e. The van der Waals surface area contributed by atoms with Gasteiger partial charge in [0, 0.05) is 32.6 Å². The van der Waals surface area contributed by atoms with Crippen molar-refractivity contribution in [3.63, 3.8) is 0 Å². The molecule has 27 heavy (non-hydrogen) atoms. The van der Waals surface area contributed by atoms with Crippen LogP contribution in [0, 0.1) is 6.92 Å². The van der Waals surface area contributed by atoms with E-state index in [1.807, 2.05) is 0 Å². The molecule has 0 atom stereocenters. The summed E-state index contributed by atoms with van der Waals surface area (Å²) < 4.78 is 57.7. The molecule has 2 aliphatic rings. The van der Waals surface area contributed by atoms with Gasteiger partial charge in [-0.1, -0.05) is 0 Å². The van der Waals surface area contributed by atoms with Crippen LogP contribution in [-0.4, -0.2) is 72.8 Å². The highest BCUT2D eigenvalue weighted by Crippen LogP contribution is 2.28. The number of hydrogen-bond acceptors (Lipinski definition) is 7. The molecule has 1 aromatic rings. The molecule has 3 rings (SSSR count). The lowest BCUT2D eigenvalue weighted by Crippen LogP contribution is -2.41. The number of ether oxygens (including phenoxy) is 1. The molecule has 2 saturated heterocycles. The van der Waals surface area contributed by atoms with E-state index < -0.39 is 26.0 Å². The fraction of sp³-hybridized carbons (Fsp3) is 0.562. The van der Waals surface area contributed by atoms with Crippen molar-refractivity contribution in [3.8, 4) is 0 Å². The van der Waals surface area contributed by atoms with E-state index >= 15 is 0 Å². The number of anilines is 1. The normalized spacial score (nSPS) is 20.9. The monoisotopic (exact) mass is 417 g/mol. The van der Waals surface area contributed by atoms with Gasteiger partial charge in [0.25, 0.3) is 0 Å². The Balaban J connectivity index is 1.71. The Morgan fingerprint density at radius 1 is 1.22 bits per heavy atom. The SMILES string of the molecule is Cc1cc(N2C(=O)CCS2(=O)=O)ccc1S(=O)(=O)NCCN1CCOCC1. The molecule has 0 aromatic heterocycles. The van der Waals surface area contributed by atoms with Crippen LogP contribution in [-0.2, 0) is 29.6 Å². The number of hydrogen-bond donors (Lipinski definition) is 1. The summed E-state index contributed by atoms with van der Waals surface area (Å²) >= 11 is 0. The highest BCUT2D eigenvalue weighted by atomic mass is 32.2. The maximum absolute atomic E-state index is 12.6. The summed E-state index contributed by atoms with van der Waals surface area (Å²) in [7, 11) is -7.41. The molecular weight excluding hydrogens is 394 g/mol. The van der Waals surface area contributed by atoms with Crippen LogP contribution in [0.3, 0.4) is 0 Å². The van der Waals surface area contributed by atoms with E-state index in [9.17, 15) is 21.6 Å². The van der Waals surface area contributed by atoms with Crippen molar-refractivity contribution in [1.82, 2.24) is 9.62 Å². The number of sulfonamides is 2. The van der Waals surface area contributed by atoms with E-state index in [0.29, 0.717) is 25.3 Å². The van der Waals surface area contributed by atoms with Gasteiger partial charge >= 0.3 is 0 Å². The molecule has 0 spiro atoms. The molecule has 0 unspecified atom stereocenters. The van der Waals surface area contributed by atoms with Crippen molar-refractivity contribution in [3.05, 3.63) is 23.8 Å². The zero-order valence-electron chi connectivity index (χ0n) is 15.0. The molecule has 11 heteroatoms. The number of carbonyl (C=O) groups excluding carboxylic acids is 1. The van der Waals surface area contributed by atoms with Gasteiger partial charge in [-0.3, -0.25) is 9.69 Å². The van der Waals surface area contributed by atoms with Crippen LogP contribution in [0.25, 0.3) is 0 Å². The standard InChI is InChI=1S/C16H23N3O6S2/c1-13-12-14(19-16(20)4-11-26(19,21)22)2-3-15(13)27(23,24)17-5-6-18-7-9-25-10-8-18/h2-3,12,17H,4-11H2,1H3. The second-order valence-electron chi connectivity index (χ2n) is 6.53. The van der Waals surface area contributed by atoms with E-state index in [4.69, 9.17) is 4.74 Å². The molecule has 9 nitrogen and oxygen atoms in total. The fourth-order valence-corrected chi connectivity index (χ4v) is 5.87. The first-order valence-electron chi connectivity index (χ1n) is 8.67. The van der Waals surface area contributed by atoms with Crippen LogP contribution in [0.15, 0.2) is 23.1 Å². The van der Waals surface area contributed by atoms with Crippen molar-refractivity contribution >= 4 is 31.6 Å². The van der Waals surface area contributed by atoms with Crippen molar-refractivity contribution in [2.45, 2.75) is 18.2 Å². The first-order chi connectivity index (χ1) is 12.7. The van der Waals surface area contributed by atoms with Gasteiger partial charge in [-0.15, -0.1) is 0 Å². The highest BCUT2D eigenvalue weighted by Gasteiger charge is 2.36. The van der Waals surface area contributed by atoms with Gasteiger partial charge in [0.1, 0.15) is 0 Å². The fourth-order valence-electron chi connectivity index (χ4n) is 3.17. The van der Waals surface area contributed by atoms with E-state index in [1.165, 1.54) is 18.2 Å². The third-order valence-electron chi connectivity index (χ3n) is 4.58. The van der Waals surface area contributed by atoms with Crippen molar-refractivity contribution in [1.29, 1.82) is 0 Å². The van der Waals surface area contributed by atoms with Gasteiger partial charge in [-0.2, -0.15) is 0 Å². The summed E-state index contributed by atoms with van der Waals surface area (Å²) in [6.07, 6.45) is -0.0650. The molecule has 2 aliphatic heterocycles. The number of aryl methyl sites for hydroxylation is 1. The Kier molecular flexibility index (Phi) is 5.87. The maximum atomic E-state index is 12.6. The van der Waals surface area contributed by atoms with E-state index in [-0.39, 0.29) is 29.3 Å². The topological polar surface area (TPSA) is 113 Å². The quantitative estimate of drug-likeness (QED) is 0.674. The number of carbonyl (C=O) groups is 1. The molecule has 1 aromatic carbocycles. The van der Waals surface area contributed by atoms with Crippen LogP contribution >= 0.6 is 0 Å². The molecule has 0 bridgehead atoms. The predicted molar refractivity (Wildman–Crippen MR) is 99.5 cm³/mol. The summed E-state index contributed by atoms with van der Waals surface area (Å²) in [5, 5.41) is 0. The Bertz CT molecular complexity index is 923. The minimum atomic E-state index is -3.74. The molecule has 0 radical (unpaired) electrons. The molecule has 0 aliphatic carbocycles. The number of rotatable bonds is 6. The highest BCUT2D eigenvalue weighted by molar-refractivity contribution is 7.94. The van der Waals surface area contributed by atoms with Crippen molar-refractivity contribution in [2.24, 2.45) is 0 Å². The molecule has 0 saturated carbocycles. The minimum absolute atomic E-state index is 0.0650. The average molecular weight is 418 g/mol. The second kappa shape index (κ2) is 7.84. The van der Waals surface area contributed by atoms with Gasteiger partial charge in [-0.25, -0.2) is 25.9 Å². The molecule has 150 valence electrons. The number of nitrogens with one attached hydrogen (secondary N) is 1. The zero-order valence-corrected chi connectivity index (χ0v) is 16.7. The summed E-state index contributed by atoms with van der Waals surface area (Å²) in [5.41, 5.74) is 0.545. The van der Waals surface area contributed by atoms with E-state index in [2.05, 4.69) is 9.62 Å². The number of morpholine rings is 1. The van der Waals surface area contributed by atoms with Crippen molar-refractivity contribution in [2.75, 3.05) is 49.5 Å². The smallest absolute Gasteiger partial charge is 0.242 e. The van der Waals surface area contributed by atoms with Crippen LogP contribution < -0.4 is 9.03 Å². The molecular formula is C16H23N3O6S2. The largest absolute Gasteiger partial charge is 0.379 e. The van der Waals surface area contributed by atoms with E-state index in [0.717, 1.165) is 17.4 Å². The number of amides is 1. The molecule has 2 heterocycles.